The van der Waals surface area contributed by atoms with Gasteiger partial charge in [-0.25, -0.2) is 4.98 Å². The van der Waals surface area contributed by atoms with E-state index < -0.39 is 0 Å². The van der Waals surface area contributed by atoms with Crippen molar-refractivity contribution in [1.29, 1.82) is 0 Å². The van der Waals surface area contributed by atoms with Crippen molar-refractivity contribution in [2.24, 2.45) is 0 Å². The summed E-state index contributed by atoms with van der Waals surface area (Å²) in [5.74, 6) is 0.494. The predicted molar refractivity (Wildman–Crippen MR) is 89.9 cm³/mol. The zero-order chi connectivity index (χ0) is 15.4. The van der Waals surface area contributed by atoms with Crippen LogP contribution >= 0.6 is 27.3 Å². The normalized spacial score (nSPS) is 10.9. The SMILES string of the molecule is COc1ccc(Br)cc1/C=C/C(=O)Nc1nc(C)c(C)s1. The van der Waals surface area contributed by atoms with Gasteiger partial charge in [-0.2, -0.15) is 0 Å². The van der Waals surface area contributed by atoms with Crippen LogP contribution in [-0.2, 0) is 4.79 Å². The minimum Gasteiger partial charge on any atom is -0.496 e. The summed E-state index contributed by atoms with van der Waals surface area (Å²) in [7, 11) is 1.60. The lowest BCUT2D eigenvalue weighted by molar-refractivity contribution is -0.111. The van der Waals surface area contributed by atoms with E-state index in [-0.39, 0.29) is 5.91 Å². The largest absolute Gasteiger partial charge is 0.496 e. The first-order chi connectivity index (χ1) is 9.99. The van der Waals surface area contributed by atoms with E-state index in [0.717, 1.165) is 20.6 Å². The van der Waals surface area contributed by atoms with Gasteiger partial charge in [0, 0.05) is 21.0 Å². The molecule has 0 unspecified atom stereocenters. The number of nitrogens with zero attached hydrogens (tertiary/aromatic N) is 1. The molecule has 4 nitrogen and oxygen atoms in total. The van der Waals surface area contributed by atoms with Crippen LogP contribution in [0.1, 0.15) is 16.1 Å². The van der Waals surface area contributed by atoms with Crippen molar-refractivity contribution in [1.82, 2.24) is 4.98 Å². The first-order valence-electron chi connectivity index (χ1n) is 6.26. The molecule has 0 fully saturated rings. The topological polar surface area (TPSA) is 51.2 Å². The minimum absolute atomic E-state index is 0.217. The van der Waals surface area contributed by atoms with E-state index in [2.05, 4.69) is 26.2 Å². The number of aromatic nitrogens is 1. The monoisotopic (exact) mass is 366 g/mol. The van der Waals surface area contributed by atoms with Gasteiger partial charge >= 0.3 is 0 Å². The highest BCUT2D eigenvalue weighted by atomic mass is 79.9. The van der Waals surface area contributed by atoms with Crippen LogP contribution in [0.2, 0.25) is 0 Å². The number of ether oxygens (including phenoxy) is 1. The second-order valence-corrected chi connectivity index (χ2v) is 6.49. The molecule has 110 valence electrons. The molecule has 0 aliphatic heterocycles. The summed E-state index contributed by atoms with van der Waals surface area (Å²) in [6.07, 6.45) is 3.18. The average molecular weight is 367 g/mol. The maximum Gasteiger partial charge on any atom is 0.250 e. The maximum absolute atomic E-state index is 11.9. The van der Waals surface area contributed by atoms with Crippen LogP contribution in [0.5, 0.6) is 5.75 Å². The highest BCUT2D eigenvalue weighted by molar-refractivity contribution is 9.10. The Kier molecular flexibility index (Phi) is 5.14. The molecule has 1 heterocycles. The molecule has 6 heteroatoms. The lowest BCUT2D eigenvalue weighted by Gasteiger charge is -2.04. The molecule has 0 saturated heterocycles. The number of aryl methyl sites for hydroxylation is 2. The molecule has 0 aliphatic carbocycles. The number of benzene rings is 1. The van der Waals surface area contributed by atoms with Gasteiger partial charge in [-0.05, 0) is 38.1 Å². The Balaban J connectivity index is 2.10. The smallest absolute Gasteiger partial charge is 0.250 e. The molecule has 2 rings (SSSR count). The van der Waals surface area contributed by atoms with Crippen molar-refractivity contribution in [3.05, 3.63) is 44.9 Å². The molecule has 1 amide bonds. The third-order valence-electron chi connectivity index (χ3n) is 2.86. The molecule has 0 radical (unpaired) electrons. The summed E-state index contributed by atoms with van der Waals surface area (Å²) in [6, 6.07) is 5.62. The molecule has 0 atom stereocenters. The number of anilines is 1. The summed E-state index contributed by atoms with van der Waals surface area (Å²) < 4.78 is 6.18. The number of nitrogens with one attached hydrogen (secondary N) is 1. The van der Waals surface area contributed by atoms with E-state index in [9.17, 15) is 4.79 Å². The van der Waals surface area contributed by atoms with Gasteiger partial charge < -0.3 is 4.74 Å². The number of amides is 1. The molecular formula is C15H15BrN2O2S. The molecule has 0 aliphatic rings. The Morgan fingerprint density at radius 3 is 2.81 bits per heavy atom. The molecule has 21 heavy (non-hydrogen) atoms. The van der Waals surface area contributed by atoms with Gasteiger partial charge in [-0.3, -0.25) is 10.1 Å². The number of methoxy groups -OCH3 is 1. The molecule has 0 saturated carbocycles. The van der Waals surface area contributed by atoms with Gasteiger partial charge in [0.05, 0.1) is 12.8 Å². The molecule has 1 N–H and O–H groups in total. The quantitative estimate of drug-likeness (QED) is 0.825. The number of rotatable bonds is 4. The number of carbonyl (C=O) groups excluding carboxylic acids is 1. The van der Waals surface area contributed by atoms with Crippen molar-refractivity contribution in [3.63, 3.8) is 0 Å². The van der Waals surface area contributed by atoms with E-state index in [0.29, 0.717) is 10.9 Å². The average Bonchev–Trinajstić information content (AvgIpc) is 2.75. The number of hydrogen-bond acceptors (Lipinski definition) is 4. The second-order valence-electron chi connectivity index (χ2n) is 4.37. The second kappa shape index (κ2) is 6.87. The molecule has 1 aromatic heterocycles. The van der Waals surface area contributed by atoms with E-state index in [1.807, 2.05) is 32.0 Å². The van der Waals surface area contributed by atoms with Crippen molar-refractivity contribution >= 4 is 44.4 Å². The van der Waals surface area contributed by atoms with Crippen LogP contribution in [0, 0.1) is 13.8 Å². The summed E-state index contributed by atoms with van der Waals surface area (Å²) in [6.45, 7) is 3.90. The highest BCUT2D eigenvalue weighted by Gasteiger charge is 2.06. The van der Waals surface area contributed by atoms with Gasteiger partial charge in [0.2, 0.25) is 5.91 Å². The van der Waals surface area contributed by atoms with Crippen molar-refractivity contribution in [2.45, 2.75) is 13.8 Å². The van der Waals surface area contributed by atoms with Crippen LogP contribution in [-0.4, -0.2) is 18.0 Å². The van der Waals surface area contributed by atoms with E-state index in [1.165, 1.54) is 17.4 Å². The standard InChI is InChI=1S/C15H15BrN2O2S/c1-9-10(2)21-15(17-9)18-14(19)7-4-11-8-12(16)5-6-13(11)20-3/h4-8H,1-3H3,(H,17,18,19)/b7-4+. The molecule has 0 spiro atoms. The Morgan fingerprint density at radius 1 is 1.43 bits per heavy atom. The number of thiazole rings is 1. The Labute approximate surface area is 136 Å². The van der Waals surface area contributed by atoms with Crippen molar-refractivity contribution < 1.29 is 9.53 Å². The molecule has 0 bridgehead atoms. The fourth-order valence-electron chi connectivity index (χ4n) is 1.67. The fourth-order valence-corrected chi connectivity index (χ4v) is 2.87. The van der Waals surface area contributed by atoms with Crippen LogP contribution in [0.4, 0.5) is 5.13 Å². The van der Waals surface area contributed by atoms with E-state index >= 15 is 0 Å². The van der Waals surface area contributed by atoms with E-state index in [1.54, 1.807) is 13.2 Å². The van der Waals surface area contributed by atoms with Gasteiger partial charge in [-0.15, -0.1) is 11.3 Å². The van der Waals surface area contributed by atoms with Crippen LogP contribution < -0.4 is 10.1 Å². The Bertz CT molecular complexity index is 675. The summed E-state index contributed by atoms with van der Waals surface area (Å²) in [4.78, 5) is 17.3. The number of carbonyl (C=O) groups is 1. The zero-order valence-electron chi connectivity index (χ0n) is 11.9. The fraction of sp³-hybridized carbons (Fsp3) is 0.200. The van der Waals surface area contributed by atoms with Gasteiger partial charge in [0.25, 0.3) is 0 Å². The van der Waals surface area contributed by atoms with Crippen LogP contribution in [0.3, 0.4) is 0 Å². The summed E-state index contributed by atoms with van der Waals surface area (Å²) >= 11 is 4.86. The van der Waals surface area contributed by atoms with Crippen LogP contribution in [0.25, 0.3) is 6.08 Å². The van der Waals surface area contributed by atoms with E-state index in [4.69, 9.17) is 4.74 Å². The van der Waals surface area contributed by atoms with Crippen molar-refractivity contribution in [3.8, 4) is 5.75 Å². The number of halogens is 1. The third-order valence-corrected chi connectivity index (χ3v) is 4.35. The van der Waals surface area contributed by atoms with Gasteiger partial charge in [0.1, 0.15) is 5.75 Å². The maximum atomic E-state index is 11.9. The molecule has 2 aromatic rings. The Morgan fingerprint density at radius 2 is 2.19 bits per heavy atom. The molecular weight excluding hydrogens is 352 g/mol. The molecule has 1 aromatic carbocycles. The van der Waals surface area contributed by atoms with Crippen molar-refractivity contribution in [2.75, 3.05) is 12.4 Å². The lowest BCUT2D eigenvalue weighted by atomic mass is 10.2. The predicted octanol–water partition coefficient (Wildman–Crippen LogP) is 4.18. The van der Waals surface area contributed by atoms with Crippen LogP contribution in [0.15, 0.2) is 28.7 Å². The first-order valence-corrected chi connectivity index (χ1v) is 7.87. The summed E-state index contributed by atoms with van der Waals surface area (Å²) in [5, 5.41) is 3.37. The third kappa shape index (κ3) is 4.15. The lowest BCUT2D eigenvalue weighted by Crippen LogP contribution is -2.07. The van der Waals surface area contributed by atoms with Gasteiger partial charge in [-0.1, -0.05) is 15.9 Å². The highest BCUT2D eigenvalue weighted by Crippen LogP contribution is 2.24. The van der Waals surface area contributed by atoms with Gasteiger partial charge in [0.15, 0.2) is 5.13 Å². The summed E-state index contributed by atoms with van der Waals surface area (Å²) in [5.41, 5.74) is 1.77. The zero-order valence-corrected chi connectivity index (χ0v) is 14.3. The minimum atomic E-state index is -0.217. The Hall–Kier alpha value is -1.66. The number of hydrogen-bond donors (Lipinski definition) is 1. The first kappa shape index (κ1) is 15.7.